The van der Waals surface area contributed by atoms with E-state index in [0.29, 0.717) is 6.07 Å². The first-order valence-electron chi connectivity index (χ1n) is 5.98. The lowest BCUT2D eigenvalue weighted by atomic mass is 10.1. The van der Waals surface area contributed by atoms with Gasteiger partial charge in [-0.2, -0.15) is 13.2 Å². The van der Waals surface area contributed by atoms with E-state index in [2.05, 4.69) is 5.32 Å². The minimum absolute atomic E-state index is 0.0381. The zero-order valence-corrected chi connectivity index (χ0v) is 10.4. The Morgan fingerprint density at radius 1 is 1.28 bits per heavy atom. The van der Waals surface area contributed by atoms with Gasteiger partial charge in [-0.25, -0.2) is 4.39 Å². The van der Waals surface area contributed by atoms with Gasteiger partial charge in [-0.3, -0.25) is 0 Å². The largest absolute Gasteiger partial charge is 0.416 e. The molecule has 1 rings (SSSR count). The second kappa shape index (κ2) is 6.07. The third-order valence-corrected chi connectivity index (χ3v) is 2.69. The van der Waals surface area contributed by atoms with Gasteiger partial charge in [-0.05, 0) is 31.5 Å². The number of benzene rings is 1. The summed E-state index contributed by atoms with van der Waals surface area (Å²) in [7, 11) is 0. The number of nitrogens with one attached hydrogen (secondary N) is 1. The molecule has 5 heteroatoms. The van der Waals surface area contributed by atoms with Crippen molar-refractivity contribution in [3.63, 3.8) is 0 Å². The number of alkyl halides is 3. The van der Waals surface area contributed by atoms with Crippen molar-refractivity contribution in [3.05, 3.63) is 29.6 Å². The molecule has 0 saturated carbocycles. The van der Waals surface area contributed by atoms with Crippen molar-refractivity contribution in [1.82, 2.24) is 0 Å². The van der Waals surface area contributed by atoms with E-state index in [-0.39, 0.29) is 11.7 Å². The van der Waals surface area contributed by atoms with E-state index in [1.165, 1.54) is 0 Å². The van der Waals surface area contributed by atoms with Crippen LogP contribution in [0.15, 0.2) is 18.2 Å². The highest BCUT2D eigenvalue weighted by Gasteiger charge is 2.31. The standard InChI is InChI=1S/C13H17F4N/c1-3-4-5-9(2)18-12-7-6-10(8-11(12)14)13(15,16)17/h6-9,18H,3-5H2,1-2H3. The molecule has 0 spiro atoms. The lowest BCUT2D eigenvalue weighted by molar-refractivity contribution is -0.137. The van der Waals surface area contributed by atoms with E-state index in [1.807, 2.05) is 13.8 Å². The molecular weight excluding hydrogens is 246 g/mol. The van der Waals surface area contributed by atoms with E-state index in [1.54, 1.807) is 0 Å². The second-order valence-electron chi connectivity index (χ2n) is 4.38. The highest BCUT2D eigenvalue weighted by molar-refractivity contribution is 5.47. The molecule has 0 fully saturated rings. The zero-order valence-electron chi connectivity index (χ0n) is 10.4. The maximum atomic E-state index is 13.5. The Bertz CT molecular complexity index is 387. The molecule has 0 heterocycles. The van der Waals surface area contributed by atoms with Crippen LogP contribution in [0.2, 0.25) is 0 Å². The van der Waals surface area contributed by atoms with Gasteiger partial charge in [0.25, 0.3) is 0 Å². The molecule has 0 radical (unpaired) electrons. The normalized spacial score (nSPS) is 13.4. The summed E-state index contributed by atoms with van der Waals surface area (Å²) >= 11 is 0. The Morgan fingerprint density at radius 2 is 1.94 bits per heavy atom. The van der Waals surface area contributed by atoms with Crippen LogP contribution in [0.3, 0.4) is 0 Å². The topological polar surface area (TPSA) is 12.0 Å². The van der Waals surface area contributed by atoms with E-state index in [0.717, 1.165) is 31.4 Å². The molecule has 1 nitrogen and oxygen atoms in total. The van der Waals surface area contributed by atoms with Crippen molar-refractivity contribution in [1.29, 1.82) is 0 Å². The molecule has 0 bridgehead atoms. The van der Waals surface area contributed by atoms with Gasteiger partial charge in [-0.1, -0.05) is 19.8 Å². The zero-order chi connectivity index (χ0) is 13.8. The van der Waals surface area contributed by atoms with Crippen molar-refractivity contribution in [2.75, 3.05) is 5.32 Å². The van der Waals surface area contributed by atoms with Gasteiger partial charge in [0.15, 0.2) is 0 Å². The quantitative estimate of drug-likeness (QED) is 0.750. The minimum atomic E-state index is -4.51. The van der Waals surface area contributed by atoms with Crippen molar-refractivity contribution in [2.45, 2.75) is 45.3 Å². The SMILES string of the molecule is CCCCC(C)Nc1ccc(C(F)(F)F)cc1F. The summed E-state index contributed by atoms with van der Waals surface area (Å²) in [6.07, 6.45) is -1.62. The smallest absolute Gasteiger partial charge is 0.380 e. The van der Waals surface area contributed by atoms with Crippen LogP contribution in [-0.2, 0) is 6.18 Å². The molecule has 0 aliphatic carbocycles. The molecule has 1 atom stereocenters. The van der Waals surface area contributed by atoms with Crippen LogP contribution in [0.5, 0.6) is 0 Å². The molecular formula is C13H17F4N. The van der Waals surface area contributed by atoms with Gasteiger partial charge in [0, 0.05) is 6.04 Å². The molecule has 1 aromatic rings. The number of hydrogen-bond donors (Lipinski definition) is 1. The van der Waals surface area contributed by atoms with E-state index < -0.39 is 17.6 Å². The summed E-state index contributed by atoms with van der Waals surface area (Å²) in [5, 5.41) is 2.88. The summed E-state index contributed by atoms with van der Waals surface area (Å²) in [5.74, 6) is -0.867. The summed E-state index contributed by atoms with van der Waals surface area (Å²) in [6.45, 7) is 3.93. The van der Waals surface area contributed by atoms with E-state index in [9.17, 15) is 17.6 Å². The first kappa shape index (κ1) is 14.8. The third-order valence-electron chi connectivity index (χ3n) is 2.69. The average Bonchev–Trinajstić information content (AvgIpc) is 2.27. The first-order chi connectivity index (χ1) is 8.34. The second-order valence-corrected chi connectivity index (χ2v) is 4.38. The molecule has 0 aromatic heterocycles. The Hall–Kier alpha value is -1.26. The Morgan fingerprint density at radius 3 is 2.44 bits per heavy atom. The van der Waals surface area contributed by atoms with Crippen LogP contribution in [-0.4, -0.2) is 6.04 Å². The van der Waals surface area contributed by atoms with Gasteiger partial charge in [0.2, 0.25) is 0 Å². The van der Waals surface area contributed by atoms with Crippen LogP contribution in [0.4, 0.5) is 23.2 Å². The number of halogens is 4. The van der Waals surface area contributed by atoms with Crippen LogP contribution in [0, 0.1) is 5.82 Å². The number of rotatable bonds is 5. The average molecular weight is 263 g/mol. The van der Waals surface area contributed by atoms with E-state index in [4.69, 9.17) is 0 Å². The van der Waals surface area contributed by atoms with Gasteiger partial charge >= 0.3 is 6.18 Å². The number of anilines is 1. The fraction of sp³-hybridized carbons (Fsp3) is 0.538. The number of unbranched alkanes of at least 4 members (excludes halogenated alkanes) is 1. The summed E-state index contributed by atoms with van der Waals surface area (Å²) in [4.78, 5) is 0. The highest BCUT2D eigenvalue weighted by atomic mass is 19.4. The fourth-order valence-corrected chi connectivity index (χ4v) is 1.66. The van der Waals surface area contributed by atoms with Crippen LogP contribution in [0.1, 0.15) is 38.7 Å². The lowest BCUT2D eigenvalue weighted by Gasteiger charge is -2.16. The maximum absolute atomic E-state index is 13.5. The molecule has 1 N–H and O–H groups in total. The van der Waals surface area contributed by atoms with Crippen LogP contribution in [0.25, 0.3) is 0 Å². The fourth-order valence-electron chi connectivity index (χ4n) is 1.66. The van der Waals surface area contributed by atoms with Gasteiger partial charge in [-0.15, -0.1) is 0 Å². The maximum Gasteiger partial charge on any atom is 0.416 e. The molecule has 1 unspecified atom stereocenters. The monoisotopic (exact) mass is 263 g/mol. The van der Waals surface area contributed by atoms with Crippen molar-refractivity contribution < 1.29 is 17.6 Å². The number of hydrogen-bond acceptors (Lipinski definition) is 1. The van der Waals surface area contributed by atoms with Gasteiger partial charge in [0.05, 0.1) is 11.3 Å². The molecule has 0 aliphatic rings. The van der Waals surface area contributed by atoms with E-state index >= 15 is 0 Å². The Balaban J connectivity index is 2.74. The minimum Gasteiger partial charge on any atom is -0.380 e. The van der Waals surface area contributed by atoms with Gasteiger partial charge < -0.3 is 5.32 Å². The molecule has 0 saturated heterocycles. The molecule has 1 aromatic carbocycles. The summed E-state index contributed by atoms with van der Waals surface area (Å²) in [6, 6.07) is 2.59. The molecule has 0 aliphatic heterocycles. The predicted octanol–water partition coefficient (Wildman–Crippen LogP) is 4.84. The summed E-state index contributed by atoms with van der Waals surface area (Å²) in [5.41, 5.74) is -0.849. The molecule has 102 valence electrons. The first-order valence-corrected chi connectivity index (χ1v) is 5.98. The Labute approximate surface area is 104 Å². The van der Waals surface area contributed by atoms with Crippen LogP contribution < -0.4 is 5.32 Å². The molecule has 0 amide bonds. The summed E-state index contributed by atoms with van der Waals surface area (Å²) < 4.78 is 50.5. The molecule has 18 heavy (non-hydrogen) atoms. The predicted molar refractivity (Wildman–Crippen MR) is 64.0 cm³/mol. The van der Waals surface area contributed by atoms with Crippen molar-refractivity contribution in [3.8, 4) is 0 Å². The lowest BCUT2D eigenvalue weighted by Crippen LogP contribution is -2.16. The van der Waals surface area contributed by atoms with Crippen molar-refractivity contribution >= 4 is 5.69 Å². The Kier molecular flexibility index (Phi) is 4.99. The van der Waals surface area contributed by atoms with Crippen LogP contribution >= 0.6 is 0 Å². The third kappa shape index (κ3) is 4.20. The van der Waals surface area contributed by atoms with Crippen molar-refractivity contribution in [2.24, 2.45) is 0 Å². The highest BCUT2D eigenvalue weighted by Crippen LogP contribution is 2.31. The van der Waals surface area contributed by atoms with Gasteiger partial charge in [0.1, 0.15) is 5.82 Å².